The Bertz CT molecular complexity index is 327. The molecule has 1 aromatic heterocycles. The molecule has 0 spiro atoms. The van der Waals surface area contributed by atoms with Crippen LogP contribution in [0.4, 0.5) is 0 Å². The van der Waals surface area contributed by atoms with E-state index in [1.807, 2.05) is 6.07 Å². The first-order valence-electron chi connectivity index (χ1n) is 3.05. The Kier molecular flexibility index (Phi) is 1.54. The topological polar surface area (TPSA) is 39.6 Å². The van der Waals surface area contributed by atoms with Gasteiger partial charge in [-0.1, -0.05) is 0 Å². The Morgan fingerprint density at radius 3 is 2.91 bits per heavy atom. The third-order valence-corrected chi connectivity index (χ3v) is 1.70. The Balaban J connectivity index is 2.36. The maximum atomic E-state index is 5.16. The van der Waals surface area contributed by atoms with Gasteiger partial charge in [-0.05, 0) is 22.0 Å². The van der Waals surface area contributed by atoms with Gasteiger partial charge < -0.3 is 4.42 Å². The van der Waals surface area contributed by atoms with E-state index in [4.69, 9.17) is 4.42 Å². The van der Waals surface area contributed by atoms with Gasteiger partial charge in [0.05, 0.1) is 10.7 Å². The summed E-state index contributed by atoms with van der Waals surface area (Å²) >= 11 is 3.28. The van der Waals surface area contributed by atoms with Crippen molar-refractivity contribution >= 4 is 21.6 Å². The largest absolute Gasteiger partial charge is 0.461 e. The van der Waals surface area contributed by atoms with Crippen molar-refractivity contribution < 1.29 is 4.42 Å². The average molecular weight is 212 g/mol. The molecule has 4 heteroatoms. The summed E-state index contributed by atoms with van der Waals surface area (Å²) in [5.74, 6) is 0.731. The van der Waals surface area contributed by atoms with Crippen LogP contribution in [0.2, 0.25) is 0 Å². The molecule has 0 atom stereocenters. The zero-order valence-electron chi connectivity index (χ0n) is 5.49. The summed E-state index contributed by atoms with van der Waals surface area (Å²) in [7, 11) is 0. The van der Waals surface area contributed by atoms with E-state index in [1.54, 1.807) is 18.5 Å². The van der Waals surface area contributed by atoms with Crippen LogP contribution in [0.1, 0.15) is 5.76 Å². The summed E-state index contributed by atoms with van der Waals surface area (Å²) < 4.78 is 6.07. The highest BCUT2D eigenvalue weighted by atomic mass is 79.9. The summed E-state index contributed by atoms with van der Waals surface area (Å²) in [6.45, 7) is 0. The quantitative estimate of drug-likeness (QED) is 0.700. The molecule has 55 valence electrons. The monoisotopic (exact) mass is 211 g/mol. The van der Waals surface area contributed by atoms with E-state index in [2.05, 4.69) is 26.5 Å². The predicted octanol–water partition coefficient (Wildman–Crippen LogP) is 1.88. The van der Waals surface area contributed by atoms with Crippen LogP contribution in [0.25, 0.3) is 0 Å². The molecule has 0 N–H and O–H groups in total. The molecular formula is C7H4BrN2O. The lowest BCUT2D eigenvalue weighted by Crippen LogP contribution is -1.90. The maximum absolute atomic E-state index is 5.16. The van der Waals surface area contributed by atoms with Crippen LogP contribution in [0.3, 0.4) is 0 Å². The van der Waals surface area contributed by atoms with Crippen molar-refractivity contribution in [3.63, 3.8) is 0 Å². The molecule has 0 unspecified atom stereocenters. The van der Waals surface area contributed by atoms with Gasteiger partial charge in [-0.3, -0.25) is 0 Å². The number of halogens is 1. The van der Waals surface area contributed by atoms with E-state index in [1.165, 1.54) is 0 Å². The molecule has 0 bridgehead atoms. The molecule has 0 saturated heterocycles. The fraction of sp³-hybridized carbons (Fsp3) is 0. The summed E-state index contributed by atoms with van der Waals surface area (Å²) in [4.78, 5) is 0. The van der Waals surface area contributed by atoms with Crippen molar-refractivity contribution in [3.05, 3.63) is 34.8 Å². The van der Waals surface area contributed by atoms with Gasteiger partial charge in [0.15, 0.2) is 5.76 Å². The minimum atomic E-state index is 0.731. The number of furan rings is 1. The third kappa shape index (κ3) is 1.21. The molecule has 3 nitrogen and oxygen atoms in total. The smallest absolute Gasteiger partial charge is 0.155 e. The van der Waals surface area contributed by atoms with Crippen LogP contribution in [0, 0.1) is 0 Å². The van der Waals surface area contributed by atoms with Crippen LogP contribution < -0.4 is 5.43 Å². The molecule has 0 fully saturated rings. The van der Waals surface area contributed by atoms with Gasteiger partial charge in [-0.2, -0.15) is 5.43 Å². The van der Waals surface area contributed by atoms with Crippen molar-refractivity contribution in [3.8, 4) is 0 Å². The summed E-state index contributed by atoms with van der Waals surface area (Å²) in [6.07, 6.45) is 5.04. The first-order chi connectivity index (χ1) is 5.36. The SMILES string of the molecule is Brc1coc(C2=N[N]C=C2)c1. The van der Waals surface area contributed by atoms with E-state index in [9.17, 15) is 0 Å². The molecular weight excluding hydrogens is 208 g/mol. The fourth-order valence-corrected chi connectivity index (χ4v) is 1.11. The molecule has 2 rings (SSSR count). The Labute approximate surface area is 71.9 Å². The van der Waals surface area contributed by atoms with Crippen molar-refractivity contribution in [2.45, 2.75) is 0 Å². The van der Waals surface area contributed by atoms with Gasteiger partial charge in [0.2, 0.25) is 0 Å². The molecule has 1 aromatic rings. The molecule has 1 radical (unpaired) electrons. The van der Waals surface area contributed by atoms with Crippen LogP contribution in [-0.2, 0) is 0 Å². The van der Waals surface area contributed by atoms with Gasteiger partial charge in [0.1, 0.15) is 12.0 Å². The van der Waals surface area contributed by atoms with Crippen molar-refractivity contribution in [2.24, 2.45) is 5.10 Å². The third-order valence-electron chi connectivity index (χ3n) is 1.28. The lowest BCUT2D eigenvalue weighted by atomic mass is 10.3. The van der Waals surface area contributed by atoms with E-state index in [0.29, 0.717) is 0 Å². The average Bonchev–Trinajstić information content (AvgIpc) is 2.55. The second-order valence-corrected chi connectivity index (χ2v) is 2.96. The van der Waals surface area contributed by atoms with Gasteiger partial charge >= 0.3 is 0 Å². The summed E-state index contributed by atoms with van der Waals surface area (Å²) in [6, 6.07) is 1.85. The van der Waals surface area contributed by atoms with Gasteiger partial charge in [0.25, 0.3) is 0 Å². The van der Waals surface area contributed by atoms with Crippen LogP contribution in [0.15, 0.2) is 38.6 Å². The van der Waals surface area contributed by atoms with Crippen LogP contribution >= 0.6 is 15.9 Å². The van der Waals surface area contributed by atoms with E-state index in [-0.39, 0.29) is 0 Å². The normalized spacial score (nSPS) is 14.8. The highest BCUT2D eigenvalue weighted by Crippen LogP contribution is 2.16. The lowest BCUT2D eigenvalue weighted by Gasteiger charge is -1.85. The highest BCUT2D eigenvalue weighted by molar-refractivity contribution is 9.10. The molecule has 0 amide bonds. The van der Waals surface area contributed by atoms with Crippen molar-refractivity contribution in [1.29, 1.82) is 0 Å². The number of hydrogen-bond donors (Lipinski definition) is 0. The molecule has 1 aliphatic rings. The predicted molar refractivity (Wildman–Crippen MR) is 44.2 cm³/mol. The fourth-order valence-electron chi connectivity index (χ4n) is 0.812. The molecule has 2 heterocycles. The highest BCUT2D eigenvalue weighted by Gasteiger charge is 2.08. The second-order valence-electron chi connectivity index (χ2n) is 2.05. The summed E-state index contributed by atoms with van der Waals surface area (Å²) in [5, 5.41) is 3.84. The van der Waals surface area contributed by atoms with E-state index < -0.39 is 0 Å². The van der Waals surface area contributed by atoms with Crippen molar-refractivity contribution in [1.82, 2.24) is 5.43 Å². The number of hydrogen-bond acceptors (Lipinski definition) is 2. The minimum absolute atomic E-state index is 0.731. The Morgan fingerprint density at radius 2 is 2.36 bits per heavy atom. The lowest BCUT2D eigenvalue weighted by molar-refractivity contribution is 0.556. The molecule has 11 heavy (non-hydrogen) atoms. The summed E-state index contributed by atoms with van der Waals surface area (Å²) in [5.41, 5.74) is 4.44. The minimum Gasteiger partial charge on any atom is -0.461 e. The molecule has 0 aliphatic carbocycles. The van der Waals surface area contributed by atoms with E-state index in [0.717, 1.165) is 15.9 Å². The van der Waals surface area contributed by atoms with Gasteiger partial charge in [-0.25, -0.2) is 0 Å². The van der Waals surface area contributed by atoms with E-state index >= 15 is 0 Å². The molecule has 0 saturated carbocycles. The molecule has 0 aromatic carbocycles. The standard InChI is InChI=1S/C7H4BrN2O/c8-5-3-7(11-4-5)6-1-2-9-10-6/h1-4H. The Morgan fingerprint density at radius 1 is 1.45 bits per heavy atom. The zero-order valence-corrected chi connectivity index (χ0v) is 7.08. The number of rotatable bonds is 1. The number of allylic oxidation sites excluding steroid dienone is 1. The number of nitrogens with zero attached hydrogens (tertiary/aromatic N) is 2. The second kappa shape index (κ2) is 2.54. The van der Waals surface area contributed by atoms with Crippen molar-refractivity contribution in [2.75, 3.05) is 0 Å². The maximum Gasteiger partial charge on any atom is 0.155 e. The first-order valence-corrected chi connectivity index (χ1v) is 3.84. The van der Waals surface area contributed by atoms with Crippen LogP contribution in [-0.4, -0.2) is 5.71 Å². The van der Waals surface area contributed by atoms with Crippen LogP contribution in [0.5, 0.6) is 0 Å². The molecule has 1 aliphatic heterocycles. The zero-order chi connectivity index (χ0) is 7.68. The first kappa shape index (κ1) is 6.67. The Hall–Kier alpha value is -1.03. The van der Waals surface area contributed by atoms with Gasteiger partial charge in [-0.15, -0.1) is 5.10 Å². The van der Waals surface area contributed by atoms with Gasteiger partial charge in [0, 0.05) is 6.07 Å².